The summed E-state index contributed by atoms with van der Waals surface area (Å²) in [7, 11) is 0. The molecular weight excluding hydrogens is 386 g/mol. The summed E-state index contributed by atoms with van der Waals surface area (Å²) in [5, 5.41) is 9.62. The Balaban J connectivity index is 1.41. The van der Waals surface area contributed by atoms with Gasteiger partial charge in [-0.2, -0.15) is 0 Å². The number of benzene rings is 2. The molecule has 1 heterocycles. The van der Waals surface area contributed by atoms with E-state index in [4.69, 9.17) is 0 Å². The van der Waals surface area contributed by atoms with Gasteiger partial charge in [-0.05, 0) is 55.9 Å². The van der Waals surface area contributed by atoms with Gasteiger partial charge in [0.2, 0.25) is 11.8 Å². The number of anilines is 1. The molecule has 1 saturated heterocycles. The summed E-state index contributed by atoms with van der Waals surface area (Å²) in [6.45, 7) is 1.98. The molecule has 3 aliphatic rings. The number of fused-ring (bicyclic) bond motifs is 5. The van der Waals surface area contributed by atoms with Gasteiger partial charge < -0.3 is 5.11 Å². The van der Waals surface area contributed by atoms with Crippen LogP contribution in [0.25, 0.3) is 0 Å². The molecule has 5 rings (SSSR count). The Kier molecular flexibility index (Phi) is 4.28. The summed E-state index contributed by atoms with van der Waals surface area (Å²) in [5.74, 6) is -1.28. The molecule has 29 heavy (non-hydrogen) atoms. The topological polar surface area (TPSA) is 74.7 Å². The van der Waals surface area contributed by atoms with Gasteiger partial charge in [-0.25, -0.2) is 4.79 Å². The summed E-state index contributed by atoms with van der Waals surface area (Å²) >= 11 is 1.56. The molecule has 2 bridgehead atoms. The Morgan fingerprint density at radius 1 is 1.00 bits per heavy atom. The zero-order chi connectivity index (χ0) is 20.3. The first-order valence-electron chi connectivity index (χ1n) is 9.89. The second-order valence-corrected chi connectivity index (χ2v) is 9.53. The number of carboxylic acid groups (broad SMARTS) is 1. The molecule has 0 aromatic heterocycles. The number of carboxylic acids is 1. The zero-order valence-corrected chi connectivity index (χ0v) is 16.8. The molecule has 0 unspecified atom stereocenters. The van der Waals surface area contributed by atoms with E-state index in [0.29, 0.717) is 11.3 Å². The van der Waals surface area contributed by atoms with Crippen LogP contribution >= 0.6 is 11.8 Å². The molecule has 2 aromatic rings. The predicted molar refractivity (Wildman–Crippen MR) is 110 cm³/mol. The third kappa shape index (κ3) is 2.81. The SMILES string of the molecule is Cc1ccc(N2C(=O)[C@@H]3[C@@H]4C[C@@H]([C@H]3C2=O)[C@@H](Sc2ccccc2C(=O)O)C4)cc1. The molecule has 2 aliphatic carbocycles. The van der Waals surface area contributed by atoms with E-state index in [1.165, 1.54) is 4.90 Å². The van der Waals surface area contributed by atoms with Crippen LogP contribution in [0.4, 0.5) is 5.69 Å². The number of thioether (sulfide) groups is 1. The largest absolute Gasteiger partial charge is 0.478 e. The monoisotopic (exact) mass is 407 g/mol. The fraction of sp³-hybridized carbons (Fsp3) is 0.348. The van der Waals surface area contributed by atoms with Crippen molar-refractivity contribution in [2.45, 2.75) is 29.9 Å². The highest BCUT2D eigenvalue weighted by Gasteiger charge is 2.64. The number of carbonyl (C=O) groups excluding carboxylic acids is 2. The van der Waals surface area contributed by atoms with Gasteiger partial charge in [-0.3, -0.25) is 14.5 Å². The predicted octanol–water partition coefficient (Wildman–Crippen LogP) is 4.00. The number of imide groups is 1. The van der Waals surface area contributed by atoms with E-state index in [-0.39, 0.29) is 40.7 Å². The van der Waals surface area contributed by atoms with Crippen molar-refractivity contribution < 1.29 is 19.5 Å². The molecule has 1 N–H and O–H groups in total. The minimum atomic E-state index is -0.938. The number of carbonyl (C=O) groups is 3. The highest BCUT2D eigenvalue weighted by molar-refractivity contribution is 8.00. The average Bonchev–Trinajstić information content (AvgIpc) is 3.34. The first-order chi connectivity index (χ1) is 14.0. The van der Waals surface area contributed by atoms with Crippen LogP contribution < -0.4 is 4.90 Å². The number of hydrogen-bond donors (Lipinski definition) is 1. The van der Waals surface area contributed by atoms with E-state index in [0.717, 1.165) is 23.3 Å². The highest BCUT2D eigenvalue weighted by Crippen LogP contribution is 2.60. The smallest absolute Gasteiger partial charge is 0.336 e. The minimum absolute atomic E-state index is 0.0641. The maximum atomic E-state index is 13.2. The second kappa shape index (κ2) is 6.73. The van der Waals surface area contributed by atoms with E-state index >= 15 is 0 Å². The van der Waals surface area contributed by atoms with Crippen LogP contribution in [0.15, 0.2) is 53.4 Å². The Labute approximate surface area is 173 Å². The van der Waals surface area contributed by atoms with Crippen LogP contribution in [0, 0.1) is 30.6 Å². The molecule has 5 atom stereocenters. The molecule has 2 aromatic carbocycles. The van der Waals surface area contributed by atoms with Crippen LogP contribution in [0.5, 0.6) is 0 Å². The highest BCUT2D eigenvalue weighted by atomic mass is 32.2. The molecule has 6 heteroatoms. The van der Waals surface area contributed by atoms with Gasteiger partial charge in [-0.15, -0.1) is 11.8 Å². The van der Waals surface area contributed by atoms with Gasteiger partial charge in [0.05, 0.1) is 23.1 Å². The van der Waals surface area contributed by atoms with Crippen molar-refractivity contribution in [1.29, 1.82) is 0 Å². The first-order valence-corrected chi connectivity index (χ1v) is 10.8. The molecule has 5 nitrogen and oxygen atoms in total. The molecule has 148 valence electrons. The molecule has 0 radical (unpaired) electrons. The van der Waals surface area contributed by atoms with Crippen molar-refractivity contribution >= 4 is 35.2 Å². The van der Waals surface area contributed by atoms with Crippen molar-refractivity contribution in [3.63, 3.8) is 0 Å². The molecule has 2 amide bonds. The summed E-state index contributed by atoms with van der Waals surface area (Å²) in [5.41, 5.74) is 2.04. The van der Waals surface area contributed by atoms with Crippen LogP contribution in [0.2, 0.25) is 0 Å². The summed E-state index contributed by atoms with van der Waals surface area (Å²) in [6, 6.07) is 14.5. The van der Waals surface area contributed by atoms with Gasteiger partial charge in [0.15, 0.2) is 0 Å². The third-order valence-corrected chi connectivity index (χ3v) is 8.10. The standard InChI is InChI=1S/C23H21NO4S/c1-12-6-8-14(9-7-12)24-21(25)19-13-10-16(20(19)22(24)26)18(11-13)29-17-5-3-2-4-15(17)23(27)28/h2-9,13,16,18-20H,10-11H2,1H3,(H,27,28)/t13-,16-,18+,19-,20-/m1/s1. The van der Waals surface area contributed by atoms with Gasteiger partial charge in [0.1, 0.15) is 0 Å². The van der Waals surface area contributed by atoms with Gasteiger partial charge >= 0.3 is 5.97 Å². The van der Waals surface area contributed by atoms with Crippen LogP contribution in [-0.2, 0) is 9.59 Å². The number of rotatable bonds is 4. The van der Waals surface area contributed by atoms with E-state index in [1.807, 2.05) is 43.3 Å². The lowest BCUT2D eigenvalue weighted by Crippen LogP contribution is -2.33. The fourth-order valence-electron chi connectivity index (χ4n) is 5.39. The van der Waals surface area contributed by atoms with Gasteiger partial charge in [0.25, 0.3) is 0 Å². The van der Waals surface area contributed by atoms with E-state index < -0.39 is 5.97 Å². The molecule has 2 saturated carbocycles. The maximum Gasteiger partial charge on any atom is 0.336 e. The number of hydrogen-bond acceptors (Lipinski definition) is 4. The summed E-state index contributed by atoms with van der Waals surface area (Å²) in [4.78, 5) is 40.0. The summed E-state index contributed by atoms with van der Waals surface area (Å²) < 4.78 is 0. The normalized spacial score (nSPS) is 30.1. The number of nitrogens with zero attached hydrogens (tertiary/aromatic N) is 1. The van der Waals surface area contributed by atoms with E-state index in [9.17, 15) is 19.5 Å². The quantitative estimate of drug-likeness (QED) is 0.776. The Hall–Kier alpha value is -2.60. The zero-order valence-electron chi connectivity index (χ0n) is 15.9. The van der Waals surface area contributed by atoms with Crippen LogP contribution in [0.3, 0.4) is 0 Å². The Morgan fingerprint density at radius 2 is 1.69 bits per heavy atom. The number of aryl methyl sites for hydroxylation is 1. The van der Waals surface area contributed by atoms with Crippen molar-refractivity contribution in [2.24, 2.45) is 23.7 Å². The second-order valence-electron chi connectivity index (χ2n) is 8.25. The Morgan fingerprint density at radius 3 is 2.41 bits per heavy atom. The van der Waals surface area contributed by atoms with Crippen molar-refractivity contribution in [3.8, 4) is 0 Å². The van der Waals surface area contributed by atoms with Gasteiger partial charge in [0, 0.05) is 10.1 Å². The lowest BCUT2D eigenvalue weighted by atomic mass is 9.81. The lowest BCUT2D eigenvalue weighted by Gasteiger charge is -2.28. The van der Waals surface area contributed by atoms with E-state index in [2.05, 4.69) is 0 Å². The number of amides is 2. The average molecular weight is 407 g/mol. The lowest BCUT2D eigenvalue weighted by molar-refractivity contribution is -0.123. The van der Waals surface area contributed by atoms with Crippen LogP contribution in [0.1, 0.15) is 28.8 Å². The van der Waals surface area contributed by atoms with Crippen molar-refractivity contribution in [1.82, 2.24) is 0 Å². The van der Waals surface area contributed by atoms with E-state index in [1.54, 1.807) is 23.9 Å². The molecule has 1 aliphatic heterocycles. The third-order valence-electron chi connectivity index (χ3n) is 6.64. The van der Waals surface area contributed by atoms with Crippen LogP contribution in [-0.4, -0.2) is 28.1 Å². The molecular formula is C23H21NO4S. The number of aromatic carboxylic acids is 1. The maximum absolute atomic E-state index is 13.2. The molecule has 3 fully saturated rings. The van der Waals surface area contributed by atoms with Crippen molar-refractivity contribution in [2.75, 3.05) is 4.90 Å². The van der Waals surface area contributed by atoms with Crippen molar-refractivity contribution in [3.05, 3.63) is 59.7 Å². The summed E-state index contributed by atoms with van der Waals surface area (Å²) in [6.07, 6.45) is 1.73. The molecule has 0 spiro atoms. The minimum Gasteiger partial charge on any atom is -0.478 e. The first kappa shape index (κ1) is 18.4. The fourth-order valence-corrected chi connectivity index (χ4v) is 6.96. The van der Waals surface area contributed by atoms with Gasteiger partial charge in [-0.1, -0.05) is 29.8 Å². The Bertz CT molecular complexity index is 1020.